The molecule has 96 valence electrons. The lowest BCUT2D eigenvalue weighted by atomic mass is 9.35. The molecule has 0 saturated carbocycles. The van der Waals surface area contributed by atoms with Crippen LogP contribution in [0.5, 0.6) is 0 Å². The zero-order valence-electron chi connectivity index (χ0n) is 14.0. The van der Waals surface area contributed by atoms with Gasteiger partial charge in [0.25, 0.3) is 0 Å². The van der Waals surface area contributed by atoms with E-state index in [2.05, 4.69) is 0 Å². The van der Waals surface area contributed by atoms with Crippen molar-refractivity contribution in [2.75, 3.05) is 0 Å². The van der Waals surface area contributed by atoms with E-state index in [-0.39, 0.29) is 0 Å². The van der Waals surface area contributed by atoms with Crippen LogP contribution in [0.25, 0.3) is 0 Å². The van der Waals surface area contributed by atoms with Gasteiger partial charge in [-0.2, -0.15) is 36.8 Å². The topological polar surface area (TPSA) is 0 Å². The van der Waals surface area contributed by atoms with Crippen LogP contribution in [0.15, 0.2) is 0 Å². The Bertz CT molecular complexity index is 343. The van der Waals surface area contributed by atoms with E-state index in [4.69, 9.17) is 107 Å². The Morgan fingerprint density at radius 1 is 0.462 bits per heavy atom. The van der Waals surface area contributed by atoms with E-state index in [9.17, 15) is 0 Å². The third-order valence-electron chi connectivity index (χ3n) is 2.78. The Hall–Kier alpha value is 4.54. The SMILES string of the molecule is [B]B([B])P(B([B])[B])P(C(P(B([B])[B])P([B])[B])P(P([B])[B])P([B])[B])P([B])[B]. The monoisotopic (exact) mass is 448 g/mol. The number of rotatable bonds is 11. The third-order valence-corrected chi connectivity index (χ3v) is 38.6. The van der Waals surface area contributed by atoms with Crippen molar-refractivity contribution < 1.29 is 0 Å². The van der Waals surface area contributed by atoms with Gasteiger partial charge in [0.1, 0.15) is 45.4 Å². The smallest absolute Gasteiger partial charge is 0.101 e. The molecule has 0 bridgehead atoms. The lowest BCUT2D eigenvalue weighted by Crippen LogP contribution is -2.26. The molecule has 0 aromatic carbocycles. The summed E-state index contributed by atoms with van der Waals surface area (Å²) in [5.74, 6) is 0. The third kappa shape index (κ3) is 9.19. The van der Waals surface area contributed by atoms with Crippen LogP contribution in [0.1, 0.15) is 0 Å². The van der Waals surface area contributed by atoms with Crippen molar-refractivity contribution in [1.82, 2.24) is 0 Å². The fraction of sp³-hybridized carbons (Fsp3) is 1.00. The maximum atomic E-state index is 6.17. The van der Waals surface area contributed by atoms with Gasteiger partial charge in [-0.1, -0.05) is 14.6 Å². The van der Waals surface area contributed by atoms with E-state index in [1.54, 1.807) is 0 Å². The van der Waals surface area contributed by atoms with Crippen LogP contribution in [0, 0.1) is 0 Å². The van der Waals surface area contributed by atoms with Crippen LogP contribution in [0.3, 0.4) is 0 Å². The first-order valence-corrected chi connectivity index (χ1v) is 21.8. The maximum absolute atomic E-state index is 6.17. The standard InChI is InChI=1S/CHB17P8/c2-16(3)19(22(8)9)1(20(23(10)11)24(12)13)21(25(14)15)26(17(4)5)18(6)7/h1H. The highest BCUT2D eigenvalue weighted by Gasteiger charge is 2.43. The van der Waals surface area contributed by atoms with Crippen molar-refractivity contribution in [2.45, 2.75) is 5.14 Å². The molecule has 0 aliphatic carbocycles. The molecule has 3 unspecified atom stereocenters. The highest BCUT2D eigenvalue weighted by molar-refractivity contribution is 8.90. The van der Waals surface area contributed by atoms with Crippen molar-refractivity contribution in [3.63, 3.8) is 0 Å². The van der Waals surface area contributed by atoms with E-state index in [0.29, 0.717) is 0 Å². The van der Waals surface area contributed by atoms with Gasteiger partial charge in [-0.05, 0) is 0 Å². The summed E-state index contributed by atoms with van der Waals surface area (Å²) in [6.07, 6.45) is -2.49. The van der Waals surface area contributed by atoms with Gasteiger partial charge in [-0.25, -0.2) is 0 Å². The molecule has 0 rings (SSSR count). The Morgan fingerprint density at radius 3 is 1.00 bits per heavy atom. The molecule has 3 atom stereocenters. The molecule has 0 aromatic heterocycles. The van der Waals surface area contributed by atoms with Gasteiger partial charge in [0.2, 0.25) is 0 Å². The fourth-order valence-electron chi connectivity index (χ4n) is 1.92. The summed E-state index contributed by atoms with van der Waals surface area (Å²) in [7, 11) is 72.8. The van der Waals surface area contributed by atoms with Crippen molar-refractivity contribution in [3.8, 4) is 0 Å². The zero-order valence-corrected chi connectivity index (χ0v) is 21.1. The number of hydrogen-bond donors (Lipinski definition) is 0. The molecule has 0 aromatic rings. The van der Waals surface area contributed by atoms with Crippen LogP contribution in [-0.4, -0.2) is 131 Å². The van der Waals surface area contributed by atoms with Crippen LogP contribution < -0.4 is 0 Å². The summed E-state index contributed by atoms with van der Waals surface area (Å²) in [5.41, 5.74) is 0. The van der Waals surface area contributed by atoms with Gasteiger partial charge >= 0.3 is 0 Å². The highest BCUT2D eigenvalue weighted by Crippen LogP contribution is 3.03. The van der Waals surface area contributed by atoms with Crippen molar-refractivity contribution in [2.24, 2.45) is 0 Å². The molecule has 0 nitrogen and oxygen atoms in total. The maximum Gasteiger partial charge on any atom is 0.101 e. The van der Waals surface area contributed by atoms with E-state index in [1.165, 1.54) is 0 Å². The Labute approximate surface area is 188 Å². The normalized spacial score (nSPS) is 15.6. The lowest BCUT2D eigenvalue weighted by molar-refractivity contribution is 2.05. The van der Waals surface area contributed by atoms with Crippen LogP contribution in [0.4, 0.5) is 0 Å². The molecule has 0 aliphatic heterocycles. The minimum Gasteiger partial charge on any atom is -0.187 e. The van der Waals surface area contributed by atoms with Crippen molar-refractivity contribution in [3.05, 3.63) is 0 Å². The first-order chi connectivity index (χ1) is 11.7. The molecule has 25 heteroatoms. The van der Waals surface area contributed by atoms with Gasteiger partial charge < -0.3 is 0 Å². The molecule has 28 radical (unpaired) electrons. The van der Waals surface area contributed by atoms with E-state index in [1.807, 2.05) is 0 Å². The fourth-order valence-corrected chi connectivity index (χ4v) is 48.7. The quantitative estimate of drug-likeness (QED) is 0.318. The molecular weight excluding hydrogens is 444 g/mol. The van der Waals surface area contributed by atoms with Crippen molar-refractivity contribution in [1.29, 1.82) is 0 Å². The molecule has 0 fully saturated rings. The predicted molar refractivity (Wildman–Crippen MR) is 157 cm³/mol. The van der Waals surface area contributed by atoms with Crippen LogP contribution >= 0.6 is 58.9 Å². The zero-order chi connectivity index (χ0) is 20.9. The molecular formula is CHB17P8. The van der Waals surface area contributed by atoms with E-state index >= 15 is 0 Å². The van der Waals surface area contributed by atoms with Gasteiger partial charge in [-0.15, -0.1) is 7.49 Å². The van der Waals surface area contributed by atoms with Crippen LogP contribution in [0.2, 0.25) is 0 Å². The van der Waals surface area contributed by atoms with E-state index < -0.39 is 82.7 Å². The second-order valence-corrected chi connectivity index (χ2v) is 30.5. The lowest BCUT2D eigenvalue weighted by Gasteiger charge is -2.54. The summed E-state index contributed by atoms with van der Waals surface area (Å²) in [6.45, 7) is 0. The van der Waals surface area contributed by atoms with Gasteiger partial charge in [0.05, 0.1) is 33.8 Å². The summed E-state index contributed by atoms with van der Waals surface area (Å²) in [6, 6.07) is 0. The summed E-state index contributed by atoms with van der Waals surface area (Å²) >= 11 is 0. The summed E-state index contributed by atoms with van der Waals surface area (Å²) in [4.78, 5) is 0. The minimum absolute atomic E-state index is 0.422. The minimum atomic E-state index is -1.58. The number of hydrogen-bond acceptors (Lipinski definition) is 0. The molecule has 0 N–H and O–H groups in total. The molecule has 0 amide bonds. The van der Waals surface area contributed by atoms with Gasteiger partial charge in [0.15, 0.2) is 0 Å². The average molecular weight is 445 g/mol. The molecule has 0 heterocycles. The van der Waals surface area contributed by atoms with Crippen LogP contribution in [-0.2, 0) is 0 Å². The Morgan fingerprint density at radius 2 is 0.808 bits per heavy atom. The molecule has 26 heavy (non-hydrogen) atoms. The summed E-state index contributed by atoms with van der Waals surface area (Å²) in [5, 5.41) is -0.422. The highest BCUT2D eigenvalue weighted by atomic mass is 32.5. The Kier molecular flexibility index (Phi) is 17.2. The second kappa shape index (κ2) is 14.6. The second-order valence-electron chi connectivity index (χ2n) is 4.74. The predicted octanol–water partition coefficient (Wildman–Crippen LogP) is 0.334. The van der Waals surface area contributed by atoms with Crippen molar-refractivity contribution >= 4 is 185 Å². The first-order valence-electron chi connectivity index (χ1n) is 6.61. The van der Waals surface area contributed by atoms with E-state index in [0.717, 1.165) is 0 Å². The average Bonchev–Trinajstić information content (AvgIpc) is 2.40. The first kappa shape index (κ1) is 30.5. The van der Waals surface area contributed by atoms with Gasteiger partial charge in [0, 0.05) is 51.6 Å². The molecule has 0 saturated heterocycles. The van der Waals surface area contributed by atoms with Gasteiger partial charge in [-0.3, -0.25) is 0 Å². The largest absolute Gasteiger partial charge is 0.187 e. The molecule has 0 aliphatic rings. The summed E-state index contributed by atoms with van der Waals surface area (Å²) < 4.78 is 0. The molecule has 0 spiro atoms. The Balaban J connectivity index is 6.53.